The average molecular weight is 516 g/mol. The van der Waals surface area contributed by atoms with Gasteiger partial charge in [0.2, 0.25) is 5.91 Å². The molecule has 0 saturated carbocycles. The number of piperidine rings is 1. The topological polar surface area (TPSA) is 44.4 Å². The second-order valence-electron chi connectivity index (χ2n) is 10.9. The molecule has 0 bridgehead atoms. The Bertz CT molecular complexity index is 1220. The first-order valence-electron chi connectivity index (χ1n) is 13.7. The lowest BCUT2D eigenvalue weighted by Gasteiger charge is -2.33. The third-order valence-electron chi connectivity index (χ3n) is 8.04. The van der Waals surface area contributed by atoms with Gasteiger partial charge in [-0.1, -0.05) is 74.0 Å². The summed E-state index contributed by atoms with van der Waals surface area (Å²) in [6.45, 7) is 7.23. The van der Waals surface area contributed by atoms with Gasteiger partial charge >= 0.3 is 0 Å². The molecule has 194 valence electrons. The van der Waals surface area contributed by atoms with E-state index in [2.05, 4.69) is 70.1 Å². The predicted octanol–water partition coefficient (Wildman–Crippen LogP) is 7.84. The second kappa shape index (κ2) is 11.7. The summed E-state index contributed by atoms with van der Waals surface area (Å²) in [6, 6.07) is 25.6. The first kappa shape index (κ1) is 25.8. The van der Waals surface area contributed by atoms with Crippen LogP contribution in [0.3, 0.4) is 0 Å². The number of hydrogen-bond donors (Lipinski definition) is 2. The van der Waals surface area contributed by atoms with Crippen molar-refractivity contribution in [1.29, 1.82) is 0 Å². The molecule has 1 fully saturated rings. The van der Waals surface area contributed by atoms with Crippen molar-refractivity contribution in [3.05, 3.63) is 94.5 Å². The molecule has 1 saturated heterocycles. The van der Waals surface area contributed by atoms with Crippen LogP contribution in [0.5, 0.6) is 0 Å². The highest BCUT2D eigenvalue weighted by Crippen LogP contribution is 2.47. The number of halogens is 1. The summed E-state index contributed by atoms with van der Waals surface area (Å²) in [7, 11) is 0. The Morgan fingerprint density at radius 2 is 1.73 bits per heavy atom. The fourth-order valence-electron chi connectivity index (χ4n) is 5.93. The molecular weight excluding hydrogens is 478 g/mol. The molecule has 0 spiro atoms. The zero-order valence-electron chi connectivity index (χ0n) is 21.9. The van der Waals surface area contributed by atoms with Crippen LogP contribution in [0.25, 0.3) is 0 Å². The molecule has 4 nitrogen and oxygen atoms in total. The van der Waals surface area contributed by atoms with Gasteiger partial charge in [-0.05, 0) is 92.2 Å². The predicted molar refractivity (Wildman–Crippen MR) is 155 cm³/mol. The van der Waals surface area contributed by atoms with Gasteiger partial charge in [0.05, 0.1) is 6.04 Å². The minimum atomic E-state index is -0.0136. The Morgan fingerprint density at radius 3 is 2.49 bits per heavy atom. The fraction of sp³-hybridized carbons (Fsp3) is 0.406. The van der Waals surface area contributed by atoms with E-state index in [-0.39, 0.29) is 17.9 Å². The van der Waals surface area contributed by atoms with Crippen molar-refractivity contribution in [2.75, 3.05) is 30.3 Å². The third kappa shape index (κ3) is 6.02. The summed E-state index contributed by atoms with van der Waals surface area (Å²) in [5, 5.41) is 7.64. The van der Waals surface area contributed by atoms with Gasteiger partial charge in [0, 0.05) is 28.2 Å². The minimum Gasteiger partial charge on any atom is -0.377 e. The van der Waals surface area contributed by atoms with Crippen LogP contribution in [0, 0.1) is 5.92 Å². The highest BCUT2D eigenvalue weighted by Gasteiger charge is 2.33. The van der Waals surface area contributed by atoms with Gasteiger partial charge in [-0.25, -0.2) is 0 Å². The van der Waals surface area contributed by atoms with E-state index in [1.165, 1.54) is 28.8 Å². The van der Waals surface area contributed by atoms with Gasteiger partial charge in [-0.2, -0.15) is 0 Å². The molecule has 3 aromatic rings. The number of carbonyl (C=O) groups excluding carboxylic acids is 1. The molecule has 2 unspecified atom stereocenters. The SMILES string of the molecule is CC(C)C(=O)Nc1cccc(C2CCN(CCCC3c4ccccc4NC3c3ccccc3Cl)CC2)c1. The van der Waals surface area contributed by atoms with Gasteiger partial charge in [-0.3, -0.25) is 4.79 Å². The van der Waals surface area contributed by atoms with Gasteiger partial charge in [0.15, 0.2) is 0 Å². The van der Waals surface area contributed by atoms with Gasteiger partial charge in [0.1, 0.15) is 0 Å². The number of anilines is 2. The molecule has 2 atom stereocenters. The summed E-state index contributed by atoms with van der Waals surface area (Å²) in [5.41, 5.74) is 6.10. The fourth-order valence-corrected chi connectivity index (χ4v) is 6.18. The van der Waals surface area contributed by atoms with Crippen LogP contribution in [0.4, 0.5) is 11.4 Å². The molecule has 0 radical (unpaired) electrons. The number of rotatable bonds is 8. The molecule has 0 aromatic heterocycles. The molecule has 2 aliphatic rings. The van der Waals surface area contributed by atoms with E-state index in [9.17, 15) is 4.79 Å². The Labute approximate surface area is 226 Å². The van der Waals surface area contributed by atoms with Crippen molar-refractivity contribution in [3.63, 3.8) is 0 Å². The molecule has 2 N–H and O–H groups in total. The number of nitrogens with zero attached hydrogens (tertiary/aromatic N) is 1. The first-order valence-corrected chi connectivity index (χ1v) is 14.1. The van der Waals surface area contributed by atoms with Crippen LogP contribution >= 0.6 is 11.6 Å². The van der Waals surface area contributed by atoms with Gasteiger partial charge in [0.25, 0.3) is 0 Å². The summed E-state index contributed by atoms with van der Waals surface area (Å²) in [6.07, 6.45) is 4.63. The summed E-state index contributed by atoms with van der Waals surface area (Å²) in [5.74, 6) is 1.05. The number of benzene rings is 3. The van der Waals surface area contributed by atoms with Crippen molar-refractivity contribution in [3.8, 4) is 0 Å². The number of amides is 1. The third-order valence-corrected chi connectivity index (χ3v) is 8.39. The van der Waals surface area contributed by atoms with E-state index in [0.717, 1.165) is 49.6 Å². The van der Waals surface area contributed by atoms with Crippen LogP contribution in [0.2, 0.25) is 5.02 Å². The zero-order chi connectivity index (χ0) is 25.8. The first-order chi connectivity index (χ1) is 18.0. The minimum absolute atomic E-state index is 0.0136. The molecule has 1 amide bonds. The van der Waals surface area contributed by atoms with E-state index in [0.29, 0.717) is 11.8 Å². The molecule has 0 aliphatic carbocycles. The maximum Gasteiger partial charge on any atom is 0.226 e. The summed E-state index contributed by atoms with van der Waals surface area (Å²) < 4.78 is 0. The largest absolute Gasteiger partial charge is 0.377 e. The normalized spacial score (nSPS) is 20.0. The monoisotopic (exact) mass is 515 g/mol. The number of nitrogens with one attached hydrogen (secondary N) is 2. The van der Waals surface area contributed by atoms with E-state index < -0.39 is 0 Å². The molecule has 37 heavy (non-hydrogen) atoms. The Balaban J connectivity index is 1.16. The quantitative estimate of drug-likeness (QED) is 0.321. The van der Waals surface area contributed by atoms with Crippen LogP contribution in [0.1, 0.15) is 74.1 Å². The highest BCUT2D eigenvalue weighted by molar-refractivity contribution is 6.31. The van der Waals surface area contributed by atoms with Crippen molar-refractivity contribution < 1.29 is 4.79 Å². The Morgan fingerprint density at radius 1 is 1.00 bits per heavy atom. The molecule has 5 rings (SSSR count). The van der Waals surface area contributed by atoms with E-state index >= 15 is 0 Å². The smallest absolute Gasteiger partial charge is 0.226 e. The van der Waals surface area contributed by atoms with Crippen LogP contribution in [0.15, 0.2) is 72.8 Å². The number of fused-ring (bicyclic) bond motifs is 1. The lowest BCUT2D eigenvalue weighted by Crippen LogP contribution is -2.34. The summed E-state index contributed by atoms with van der Waals surface area (Å²) in [4.78, 5) is 14.7. The standard InChI is InChI=1S/C32H38ClN3O/c1-22(2)32(37)34-25-10-7-9-24(21-25)23-16-19-36(20-17-23)18-8-13-27-26-11-4-6-15-30(26)35-31(27)28-12-3-5-14-29(28)33/h3-7,9-12,14-15,21-23,27,31,35H,8,13,16-20H2,1-2H3,(H,34,37). The summed E-state index contributed by atoms with van der Waals surface area (Å²) >= 11 is 6.61. The molecular formula is C32H38ClN3O. The second-order valence-corrected chi connectivity index (χ2v) is 11.3. The maximum atomic E-state index is 12.1. The van der Waals surface area contributed by atoms with Crippen molar-refractivity contribution in [2.24, 2.45) is 5.92 Å². The van der Waals surface area contributed by atoms with Gasteiger partial charge < -0.3 is 15.5 Å². The number of para-hydroxylation sites is 1. The molecule has 5 heteroatoms. The number of carbonyl (C=O) groups is 1. The van der Waals surface area contributed by atoms with E-state index in [4.69, 9.17) is 11.6 Å². The van der Waals surface area contributed by atoms with Crippen molar-refractivity contribution >= 4 is 28.9 Å². The Kier molecular flexibility index (Phi) is 8.17. The maximum absolute atomic E-state index is 12.1. The van der Waals surface area contributed by atoms with Crippen LogP contribution in [-0.4, -0.2) is 30.4 Å². The number of hydrogen-bond acceptors (Lipinski definition) is 3. The molecule has 3 aromatic carbocycles. The van der Waals surface area contributed by atoms with Crippen molar-refractivity contribution in [1.82, 2.24) is 4.90 Å². The van der Waals surface area contributed by atoms with Crippen LogP contribution < -0.4 is 10.6 Å². The average Bonchev–Trinajstić information content (AvgIpc) is 3.28. The lowest BCUT2D eigenvalue weighted by molar-refractivity contribution is -0.118. The van der Waals surface area contributed by atoms with Crippen LogP contribution in [-0.2, 0) is 4.79 Å². The van der Waals surface area contributed by atoms with Gasteiger partial charge in [-0.15, -0.1) is 0 Å². The zero-order valence-corrected chi connectivity index (χ0v) is 22.7. The van der Waals surface area contributed by atoms with E-state index in [1.54, 1.807) is 0 Å². The molecule has 2 aliphatic heterocycles. The van der Waals surface area contributed by atoms with E-state index in [1.807, 2.05) is 32.0 Å². The lowest BCUT2D eigenvalue weighted by atomic mass is 9.86. The Hall–Kier alpha value is -2.82. The molecule has 2 heterocycles. The van der Waals surface area contributed by atoms with Crippen molar-refractivity contribution in [2.45, 2.75) is 57.4 Å². The number of likely N-dealkylation sites (tertiary alicyclic amines) is 1. The highest BCUT2D eigenvalue weighted by atomic mass is 35.5.